The number of hydrogen-bond donors (Lipinski definition) is 2. The molecule has 0 saturated carbocycles. The third-order valence-corrected chi connectivity index (χ3v) is 5.58. The highest BCUT2D eigenvalue weighted by atomic mass is 79.9. The number of nitrogens with one attached hydrogen (secondary N) is 2. The topological polar surface area (TPSA) is 111 Å². The summed E-state index contributed by atoms with van der Waals surface area (Å²) in [7, 11) is 4.61. The lowest BCUT2D eigenvalue weighted by Gasteiger charge is -2.26. The number of carbonyl (C=O) groups is 2. The van der Waals surface area contributed by atoms with E-state index in [1.807, 2.05) is 26.8 Å². The van der Waals surface area contributed by atoms with Gasteiger partial charge in [0, 0.05) is 29.9 Å². The van der Waals surface area contributed by atoms with E-state index in [0.717, 1.165) is 0 Å². The summed E-state index contributed by atoms with van der Waals surface area (Å²) in [5.74, 6) is 0.905. The zero-order valence-electron chi connectivity index (χ0n) is 21.2. The lowest BCUT2D eigenvalue weighted by molar-refractivity contribution is -0.215. The number of benzene rings is 1. The van der Waals surface area contributed by atoms with E-state index in [9.17, 15) is 9.59 Å². The Labute approximate surface area is 214 Å². The first kappa shape index (κ1) is 28.5. The van der Waals surface area contributed by atoms with Gasteiger partial charge in [-0.3, -0.25) is 9.63 Å². The molecular formula is C24H34BrN3O7. The van der Waals surface area contributed by atoms with Crippen LogP contribution >= 0.6 is 15.9 Å². The fraction of sp³-hybridized carbons (Fsp3) is 0.500. The summed E-state index contributed by atoms with van der Waals surface area (Å²) in [6.07, 6.45) is 0.650. The lowest BCUT2D eigenvalue weighted by Crippen LogP contribution is -2.37. The second-order valence-corrected chi connectivity index (χ2v) is 9.19. The number of hydrogen-bond acceptors (Lipinski definition) is 8. The van der Waals surface area contributed by atoms with Gasteiger partial charge in [0.25, 0.3) is 0 Å². The maximum atomic E-state index is 12.6. The van der Waals surface area contributed by atoms with Crippen LogP contribution in [0.2, 0.25) is 0 Å². The molecule has 2 N–H and O–H groups in total. The van der Waals surface area contributed by atoms with E-state index in [2.05, 4.69) is 26.2 Å². The van der Waals surface area contributed by atoms with E-state index < -0.39 is 11.6 Å². The molecule has 0 spiro atoms. The molecule has 0 aliphatic carbocycles. The normalized spacial score (nSPS) is 11.2. The van der Waals surface area contributed by atoms with Crippen LogP contribution in [0, 0.1) is 0 Å². The highest BCUT2D eigenvalue weighted by Crippen LogP contribution is 2.47. The van der Waals surface area contributed by atoms with Gasteiger partial charge in [0.15, 0.2) is 11.5 Å². The lowest BCUT2D eigenvalue weighted by atomic mass is 10.0. The Morgan fingerprint density at radius 1 is 1.14 bits per heavy atom. The number of rotatable bonds is 13. The molecule has 2 aromatic rings. The minimum Gasteiger partial charge on any atom is -0.493 e. The molecule has 0 radical (unpaired) electrons. The molecule has 0 saturated heterocycles. The van der Waals surface area contributed by atoms with E-state index in [-0.39, 0.29) is 12.3 Å². The number of methoxy groups -OCH3 is 3. The van der Waals surface area contributed by atoms with Gasteiger partial charge < -0.3 is 29.2 Å². The Balaban J connectivity index is 2.42. The van der Waals surface area contributed by atoms with Crippen molar-refractivity contribution in [3.63, 3.8) is 0 Å². The van der Waals surface area contributed by atoms with E-state index in [1.54, 1.807) is 20.1 Å². The smallest absolute Gasteiger partial charge is 0.355 e. The molecular weight excluding hydrogens is 522 g/mol. The fourth-order valence-corrected chi connectivity index (χ4v) is 4.17. The Morgan fingerprint density at radius 3 is 2.37 bits per heavy atom. The van der Waals surface area contributed by atoms with Crippen molar-refractivity contribution in [3.8, 4) is 28.4 Å². The van der Waals surface area contributed by atoms with E-state index in [4.69, 9.17) is 23.8 Å². The van der Waals surface area contributed by atoms with Gasteiger partial charge in [-0.05, 0) is 55.8 Å². The predicted octanol–water partition coefficient (Wildman–Crippen LogP) is 3.92. The van der Waals surface area contributed by atoms with Gasteiger partial charge in [-0.15, -0.1) is 0 Å². The van der Waals surface area contributed by atoms with E-state index in [1.165, 1.54) is 19.3 Å². The first-order valence-electron chi connectivity index (χ1n) is 11.1. The maximum Gasteiger partial charge on any atom is 0.355 e. The zero-order chi connectivity index (χ0) is 26.2. The van der Waals surface area contributed by atoms with Gasteiger partial charge in [-0.2, -0.15) is 0 Å². The number of carbonyl (C=O) groups excluding carboxylic acids is 2. The number of ether oxygens (including phenoxy) is 4. The summed E-state index contributed by atoms with van der Waals surface area (Å²) in [5.41, 5.74) is 1.89. The van der Waals surface area contributed by atoms with Gasteiger partial charge in [0.05, 0.1) is 44.6 Å². The third-order valence-electron chi connectivity index (χ3n) is 4.79. The fourth-order valence-electron chi connectivity index (χ4n) is 3.46. The van der Waals surface area contributed by atoms with Gasteiger partial charge >= 0.3 is 5.97 Å². The number of amides is 1. The molecule has 1 aromatic heterocycles. The van der Waals surface area contributed by atoms with Crippen molar-refractivity contribution in [1.82, 2.24) is 15.4 Å². The van der Waals surface area contributed by atoms with Crippen LogP contribution in [0.15, 0.2) is 16.6 Å². The van der Waals surface area contributed by atoms with Crippen molar-refractivity contribution in [2.75, 3.05) is 41.0 Å². The van der Waals surface area contributed by atoms with Crippen LogP contribution in [0.1, 0.15) is 43.9 Å². The second kappa shape index (κ2) is 12.8. The van der Waals surface area contributed by atoms with Gasteiger partial charge in [-0.1, -0.05) is 0 Å². The largest absolute Gasteiger partial charge is 0.493 e. The molecule has 0 atom stereocenters. The maximum absolute atomic E-state index is 12.6. The molecule has 0 bridgehead atoms. The average molecular weight is 556 g/mol. The minimum atomic E-state index is -0.489. The molecule has 35 heavy (non-hydrogen) atoms. The van der Waals surface area contributed by atoms with Crippen LogP contribution in [0.3, 0.4) is 0 Å². The average Bonchev–Trinajstić information content (AvgIpc) is 3.14. The molecule has 0 fully saturated rings. The summed E-state index contributed by atoms with van der Waals surface area (Å²) < 4.78 is 22.3. The second-order valence-electron chi connectivity index (χ2n) is 8.40. The molecule has 1 heterocycles. The number of nitrogens with zero attached hydrogens (tertiary/aromatic N) is 1. The Hall–Kier alpha value is -2.76. The minimum absolute atomic E-state index is 0.238. The van der Waals surface area contributed by atoms with Crippen LogP contribution in [0.4, 0.5) is 0 Å². The SMILES string of the molecule is CCOC(=O)c1[nH]c(CNCCN(C=O)OC(C)(C)C)c(-c2ccc(OC)c(OC)c2OC)c1Br. The van der Waals surface area contributed by atoms with Crippen molar-refractivity contribution >= 4 is 28.3 Å². The molecule has 1 aromatic carbocycles. The van der Waals surface area contributed by atoms with Crippen molar-refractivity contribution in [1.29, 1.82) is 0 Å². The summed E-state index contributed by atoms with van der Waals surface area (Å²) in [4.78, 5) is 32.7. The van der Waals surface area contributed by atoms with Crippen LogP contribution in [-0.4, -0.2) is 69.1 Å². The van der Waals surface area contributed by atoms with E-state index >= 15 is 0 Å². The van der Waals surface area contributed by atoms with Crippen molar-refractivity contribution in [2.24, 2.45) is 0 Å². The molecule has 2 rings (SSSR count). The quantitative estimate of drug-likeness (QED) is 0.165. The molecule has 1 amide bonds. The van der Waals surface area contributed by atoms with Gasteiger partial charge in [0.2, 0.25) is 12.2 Å². The number of H-pyrrole nitrogens is 1. The standard InChI is InChI=1S/C24H34BrN3O7/c1-8-34-23(30)20-19(25)18(15-9-10-17(31-5)22(33-7)21(15)32-6)16(27-20)13-26-11-12-28(14-29)35-24(2,3)4/h9-10,14,26-27H,8,11-13H2,1-7H3. The Bertz CT molecular complexity index is 1020. The molecule has 10 nitrogen and oxygen atoms in total. The first-order chi connectivity index (χ1) is 16.6. The number of aromatic amines is 1. The monoisotopic (exact) mass is 555 g/mol. The number of halogens is 1. The van der Waals surface area contributed by atoms with Crippen LogP contribution in [-0.2, 0) is 20.9 Å². The van der Waals surface area contributed by atoms with E-state index in [0.29, 0.717) is 64.6 Å². The molecule has 0 unspecified atom stereocenters. The summed E-state index contributed by atoms with van der Waals surface area (Å²) in [6.45, 7) is 8.72. The van der Waals surface area contributed by atoms with Crippen LogP contribution < -0.4 is 19.5 Å². The zero-order valence-corrected chi connectivity index (χ0v) is 22.8. The third kappa shape index (κ3) is 7.12. The molecule has 0 aliphatic heterocycles. The van der Waals surface area contributed by atoms with Crippen molar-refractivity contribution < 1.29 is 33.4 Å². The highest BCUT2D eigenvalue weighted by molar-refractivity contribution is 9.10. The van der Waals surface area contributed by atoms with Crippen LogP contribution in [0.25, 0.3) is 11.1 Å². The predicted molar refractivity (Wildman–Crippen MR) is 135 cm³/mol. The van der Waals surface area contributed by atoms with Crippen LogP contribution in [0.5, 0.6) is 17.2 Å². The highest BCUT2D eigenvalue weighted by Gasteiger charge is 2.27. The Kier molecular flexibility index (Phi) is 10.4. The van der Waals surface area contributed by atoms with Crippen molar-refractivity contribution in [2.45, 2.75) is 39.8 Å². The summed E-state index contributed by atoms with van der Waals surface area (Å²) >= 11 is 3.57. The van der Waals surface area contributed by atoms with Crippen molar-refractivity contribution in [3.05, 3.63) is 28.0 Å². The summed E-state index contributed by atoms with van der Waals surface area (Å²) in [5, 5.41) is 4.53. The first-order valence-corrected chi connectivity index (χ1v) is 11.9. The summed E-state index contributed by atoms with van der Waals surface area (Å²) in [6, 6.07) is 3.60. The number of esters is 1. The number of aromatic nitrogens is 1. The number of hydroxylamine groups is 2. The molecule has 194 valence electrons. The van der Waals surface area contributed by atoms with Gasteiger partial charge in [-0.25, -0.2) is 9.86 Å². The van der Waals surface area contributed by atoms with Gasteiger partial charge in [0.1, 0.15) is 5.69 Å². The molecule has 0 aliphatic rings. The molecule has 11 heteroatoms. The Morgan fingerprint density at radius 2 is 1.83 bits per heavy atom.